The van der Waals surface area contributed by atoms with Gasteiger partial charge in [0.05, 0.1) is 16.2 Å². The van der Waals surface area contributed by atoms with Crippen molar-refractivity contribution in [3.8, 4) is 0 Å². The van der Waals surface area contributed by atoms with Crippen LogP contribution < -0.4 is 5.43 Å². The minimum Gasteiger partial charge on any atom is -0.478 e. The summed E-state index contributed by atoms with van der Waals surface area (Å²) in [7, 11) is 0. The number of nitrogens with zero attached hydrogens (tertiary/aromatic N) is 1. The topological polar surface area (TPSA) is 69.6 Å². The molecule has 1 aliphatic rings. The molecule has 0 saturated carbocycles. The molecule has 5 nitrogen and oxygen atoms in total. The highest BCUT2D eigenvalue weighted by Crippen LogP contribution is 2.33. The van der Waals surface area contributed by atoms with Crippen LogP contribution in [0.15, 0.2) is 59.5 Å². The van der Waals surface area contributed by atoms with Crippen LogP contribution in [0.5, 0.6) is 0 Å². The Morgan fingerprint density at radius 2 is 1.79 bits per heavy atom. The second kappa shape index (κ2) is 6.86. The smallest absolute Gasteiger partial charge is 0.336 e. The first kappa shape index (κ1) is 16.2. The minimum atomic E-state index is -1.04. The molecule has 3 rings (SSSR count). The summed E-state index contributed by atoms with van der Waals surface area (Å²) in [6, 6.07) is 15.7. The molecular formula is C17H12N2O3S2. The van der Waals surface area contributed by atoms with Crippen molar-refractivity contribution < 1.29 is 14.7 Å². The molecular weight excluding hydrogens is 344 g/mol. The van der Waals surface area contributed by atoms with Gasteiger partial charge in [-0.05, 0) is 42.1 Å². The van der Waals surface area contributed by atoms with Crippen LogP contribution in [-0.2, 0) is 4.79 Å². The first-order valence-electron chi connectivity index (χ1n) is 6.98. The van der Waals surface area contributed by atoms with Crippen LogP contribution in [0.3, 0.4) is 0 Å². The summed E-state index contributed by atoms with van der Waals surface area (Å²) in [5.41, 5.74) is 4.30. The van der Waals surface area contributed by atoms with Gasteiger partial charge in [-0.15, -0.1) is 0 Å². The number of carbonyl (C=O) groups is 2. The van der Waals surface area contributed by atoms with E-state index in [1.807, 2.05) is 30.3 Å². The Bertz CT molecular complexity index is 850. The monoisotopic (exact) mass is 356 g/mol. The van der Waals surface area contributed by atoms with Crippen molar-refractivity contribution in [1.82, 2.24) is 5.01 Å². The molecule has 0 unspecified atom stereocenters. The average molecular weight is 356 g/mol. The highest BCUT2D eigenvalue weighted by molar-refractivity contribution is 8.26. The molecule has 1 saturated heterocycles. The summed E-state index contributed by atoms with van der Waals surface area (Å²) in [5, 5.41) is 10.5. The SMILES string of the molecule is O=C(O)c1ccccc1/C=C1\SC(=S)N(Nc2ccccc2)C1=O. The fourth-order valence-corrected chi connectivity index (χ4v) is 3.34. The van der Waals surface area contributed by atoms with Gasteiger partial charge < -0.3 is 5.11 Å². The number of amides is 1. The van der Waals surface area contributed by atoms with E-state index >= 15 is 0 Å². The number of hydrogen-bond acceptors (Lipinski definition) is 5. The van der Waals surface area contributed by atoms with Crippen molar-refractivity contribution in [2.45, 2.75) is 0 Å². The molecule has 24 heavy (non-hydrogen) atoms. The number of carbonyl (C=O) groups excluding carboxylic acids is 1. The Kier molecular flexibility index (Phi) is 4.64. The molecule has 0 bridgehead atoms. The number of thiocarbonyl (C=S) groups is 1. The maximum atomic E-state index is 12.5. The lowest BCUT2D eigenvalue weighted by atomic mass is 10.1. The molecule has 0 atom stereocenters. The fraction of sp³-hybridized carbons (Fsp3) is 0. The van der Waals surface area contributed by atoms with Gasteiger partial charge in [-0.2, -0.15) is 0 Å². The number of para-hydroxylation sites is 1. The molecule has 2 aromatic rings. The second-order valence-corrected chi connectivity index (χ2v) is 6.56. The molecule has 1 fully saturated rings. The van der Waals surface area contributed by atoms with Crippen molar-refractivity contribution in [3.63, 3.8) is 0 Å². The van der Waals surface area contributed by atoms with Crippen molar-refractivity contribution in [1.29, 1.82) is 0 Å². The number of benzene rings is 2. The lowest BCUT2D eigenvalue weighted by Gasteiger charge is -2.16. The normalized spacial score (nSPS) is 15.8. The average Bonchev–Trinajstić information content (AvgIpc) is 2.84. The predicted molar refractivity (Wildman–Crippen MR) is 98.5 cm³/mol. The van der Waals surface area contributed by atoms with Crippen molar-refractivity contribution in [3.05, 3.63) is 70.6 Å². The van der Waals surface area contributed by atoms with Crippen molar-refractivity contribution >= 4 is 51.9 Å². The number of nitrogens with one attached hydrogen (secondary N) is 1. The molecule has 120 valence electrons. The van der Waals surface area contributed by atoms with E-state index in [1.165, 1.54) is 11.1 Å². The third-order valence-corrected chi connectivity index (χ3v) is 4.59. The van der Waals surface area contributed by atoms with Crippen LogP contribution >= 0.6 is 24.0 Å². The van der Waals surface area contributed by atoms with Gasteiger partial charge in [0, 0.05) is 0 Å². The Morgan fingerprint density at radius 3 is 2.50 bits per heavy atom. The van der Waals surface area contributed by atoms with Gasteiger partial charge in [0.25, 0.3) is 5.91 Å². The maximum absolute atomic E-state index is 12.5. The third-order valence-electron chi connectivity index (χ3n) is 3.29. The zero-order chi connectivity index (χ0) is 17.1. The molecule has 2 N–H and O–H groups in total. The van der Waals surface area contributed by atoms with E-state index in [4.69, 9.17) is 12.2 Å². The van der Waals surface area contributed by atoms with Gasteiger partial charge in [-0.1, -0.05) is 48.2 Å². The largest absolute Gasteiger partial charge is 0.478 e. The molecule has 0 aromatic heterocycles. The maximum Gasteiger partial charge on any atom is 0.336 e. The number of anilines is 1. The summed E-state index contributed by atoms with van der Waals surface area (Å²) in [6.07, 6.45) is 1.55. The lowest BCUT2D eigenvalue weighted by molar-refractivity contribution is -0.121. The van der Waals surface area contributed by atoms with Crippen molar-refractivity contribution in [2.75, 3.05) is 5.43 Å². The van der Waals surface area contributed by atoms with Crippen molar-refractivity contribution in [2.24, 2.45) is 0 Å². The number of rotatable bonds is 4. The van der Waals surface area contributed by atoms with Gasteiger partial charge in [-0.3, -0.25) is 10.2 Å². The standard InChI is InChI=1S/C17H12N2O3S2/c20-15-14(10-11-6-4-5-9-13(11)16(21)22)24-17(23)19(15)18-12-7-2-1-3-8-12/h1-10,18H,(H,21,22)/b14-10-. The zero-order valence-corrected chi connectivity index (χ0v) is 13.9. The van der Waals surface area contributed by atoms with E-state index in [-0.39, 0.29) is 11.5 Å². The van der Waals surface area contributed by atoms with Gasteiger partial charge in [-0.25, -0.2) is 9.80 Å². The number of carboxylic acids is 1. The number of hydrazine groups is 1. The van der Waals surface area contributed by atoms with E-state index < -0.39 is 5.97 Å². The summed E-state index contributed by atoms with van der Waals surface area (Å²) in [5.74, 6) is -1.35. The first-order chi connectivity index (χ1) is 11.6. The van der Waals surface area contributed by atoms with E-state index in [0.29, 0.717) is 14.8 Å². The molecule has 1 aliphatic heterocycles. The lowest BCUT2D eigenvalue weighted by Crippen LogP contribution is -2.33. The summed E-state index contributed by atoms with van der Waals surface area (Å²) in [6.45, 7) is 0. The Hall–Kier alpha value is -2.64. The summed E-state index contributed by atoms with van der Waals surface area (Å²) < 4.78 is 0.364. The second-order valence-electron chi connectivity index (χ2n) is 4.89. The van der Waals surface area contributed by atoms with Gasteiger partial charge in [0.1, 0.15) is 0 Å². The predicted octanol–water partition coefficient (Wildman–Crippen LogP) is 3.61. The number of aromatic carboxylic acids is 1. The highest BCUT2D eigenvalue weighted by Gasteiger charge is 2.32. The van der Waals surface area contributed by atoms with Crippen LogP contribution in [0.25, 0.3) is 6.08 Å². The van der Waals surface area contributed by atoms with E-state index in [0.717, 1.165) is 17.4 Å². The number of carboxylic acid groups (broad SMARTS) is 1. The molecule has 0 spiro atoms. The molecule has 2 aromatic carbocycles. The number of thioether (sulfide) groups is 1. The van der Waals surface area contributed by atoms with Crippen LogP contribution in [0.1, 0.15) is 15.9 Å². The van der Waals surface area contributed by atoms with Gasteiger partial charge >= 0.3 is 5.97 Å². The molecule has 1 heterocycles. The van der Waals surface area contributed by atoms with Crippen LogP contribution in [0, 0.1) is 0 Å². The first-order valence-corrected chi connectivity index (χ1v) is 8.21. The summed E-state index contributed by atoms with van der Waals surface area (Å²) in [4.78, 5) is 24.2. The fourth-order valence-electron chi connectivity index (χ4n) is 2.16. The molecule has 7 heteroatoms. The molecule has 0 radical (unpaired) electrons. The van der Waals surface area contributed by atoms with Crippen LogP contribution in [0.4, 0.5) is 5.69 Å². The molecule has 1 amide bonds. The Morgan fingerprint density at radius 1 is 1.12 bits per heavy atom. The minimum absolute atomic E-state index is 0.138. The molecule has 0 aliphatic carbocycles. The van der Waals surface area contributed by atoms with Gasteiger partial charge in [0.15, 0.2) is 4.32 Å². The highest BCUT2D eigenvalue weighted by atomic mass is 32.2. The quantitative estimate of drug-likeness (QED) is 0.644. The zero-order valence-electron chi connectivity index (χ0n) is 12.3. The summed E-state index contributed by atoms with van der Waals surface area (Å²) >= 11 is 6.37. The third kappa shape index (κ3) is 3.32. The Labute approximate surface area is 147 Å². The van der Waals surface area contributed by atoms with Crippen LogP contribution in [-0.4, -0.2) is 26.3 Å². The van der Waals surface area contributed by atoms with E-state index in [2.05, 4.69) is 5.43 Å². The van der Waals surface area contributed by atoms with E-state index in [9.17, 15) is 14.7 Å². The van der Waals surface area contributed by atoms with Gasteiger partial charge in [0.2, 0.25) is 0 Å². The number of hydrogen-bond donors (Lipinski definition) is 2. The Balaban J connectivity index is 1.88. The van der Waals surface area contributed by atoms with Crippen LogP contribution in [0.2, 0.25) is 0 Å². The van der Waals surface area contributed by atoms with E-state index in [1.54, 1.807) is 24.3 Å².